The molecule has 9 nitrogen and oxygen atoms in total. The predicted molar refractivity (Wildman–Crippen MR) is 224 cm³/mol. The molecule has 11 heteroatoms. The number of likely N-dealkylation sites (N-methyl/N-ethyl adjacent to an activating group) is 1. The van der Waals surface area contributed by atoms with Gasteiger partial charge in [0.25, 0.3) is 20.2 Å². The molecule has 7 rings (SSSR count). The van der Waals surface area contributed by atoms with Crippen LogP contribution in [0.1, 0.15) is 65.5 Å². The predicted octanol–water partition coefficient (Wildman–Crippen LogP) is 9.65. The van der Waals surface area contributed by atoms with Gasteiger partial charge in [0.1, 0.15) is 6.54 Å². The Kier molecular flexibility index (Phi) is 10.1. The van der Waals surface area contributed by atoms with Crippen LogP contribution >= 0.6 is 0 Å². The summed E-state index contributed by atoms with van der Waals surface area (Å²) < 4.78 is 70.4. The number of rotatable bonds is 10. The van der Waals surface area contributed by atoms with Crippen LogP contribution in [-0.4, -0.2) is 49.3 Å². The number of hydrogen-bond donors (Lipinski definition) is 2. The second-order valence-electron chi connectivity index (χ2n) is 15.4. The lowest BCUT2D eigenvalue weighted by Gasteiger charge is -2.29. The summed E-state index contributed by atoms with van der Waals surface area (Å²) in [4.78, 5) is 4.27. The first-order valence-electron chi connectivity index (χ1n) is 18.9. The molecule has 2 aliphatic heterocycles. The molecule has 0 aromatic heterocycles. The van der Waals surface area contributed by atoms with Crippen LogP contribution in [-0.2, 0) is 31.1 Å². The highest BCUT2D eigenvalue weighted by molar-refractivity contribution is 7.86. The molecular formula is C45H48N3O6S2+. The van der Waals surface area contributed by atoms with E-state index in [1.54, 1.807) is 24.3 Å². The van der Waals surface area contributed by atoms with E-state index in [1.165, 1.54) is 12.1 Å². The summed E-state index contributed by atoms with van der Waals surface area (Å²) in [5, 5.41) is 0. The van der Waals surface area contributed by atoms with E-state index in [9.17, 15) is 25.9 Å². The van der Waals surface area contributed by atoms with Crippen molar-refractivity contribution < 1.29 is 30.5 Å². The van der Waals surface area contributed by atoms with Crippen LogP contribution in [0.4, 0.5) is 22.7 Å². The van der Waals surface area contributed by atoms with Crippen molar-refractivity contribution in [1.29, 1.82) is 0 Å². The molecule has 0 atom stereocenters. The zero-order chi connectivity index (χ0) is 40.2. The van der Waals surface area contributed by atoms with Gasteiger partial charge in [-0.15, -0.1) is 0 Å². The van der Waals surface area contributed by atoms with E-state index in [4.69, 9.17) is 0 Å². The van der Waals surface area contributed by atoms with Gasteiger partial charge < -0.3 is 9.80 Å². The Morgan fingerprint density at radius 1 is 0.714 bits per heavy atom. The Labute approximate surface area is 330 Å². The lowest BCUT2D eigenvalue weighted by atomic mass is 9.81. The topological polar surface area (TPSA) is 118 Å². The summed E-state index contributed by atoms with van der Waals surface area (Å²) in [6.07, 6.45) is 10.3. The van der Waals surface area contributed by atoms with Gasteiger partial charge in [0.2, 0.25) is 5.69 Å². The minimum Gasteiger partial charge on any atom is -0.344 e. The molecule has 0 bridgehead atoms. The van der Waals surface area contributed by atoms with E-state index in [2.05, 4.69) is 104 Å². The third-order valence-corrected chi connectivity index (χ3v) is 13.1. The number of hydrogen-bond acceptors (Lipinski definition) is 6. The Morgan fingerprint density at radius 2 is 1.29 bits per heavy atom. The lowest BCUT2D eigenvalue weighted by molar-refractivity contribution is -0.433. The number of nitrogens with zero attached hydrogens (tertiary/aromatic N) is 3. The standard InChI is InChI=1S/C45H47N3O6S2/c1-7-46-39-25-23-35(55(49,50)51)29-37(39)44(3,4)41(46)27-21-31-19-20-32(43(31)48(33-15-11-9-12-16-33)34-17-13-10-14-18-34)22-28-42-45(5,6)38-30-36(56(52,53)54)24-26-40(38)47(42)8-2/h9-18,21-30H,7-8,19-20H2,1-6H3,(H-,49,50,51,52,53,54)/p+1. The number of para-hydroxylation sites is 2. The molecule has 1 aliphatic carbocycles. The molecule has 0 spiro atoms. The molecule has 56 heavy (non-hydrogen) atoms. The van der Waals surface area contributed by atoms with Gasteiger partial charge in [-0.05, 0) is 118 Å². The van der Waals surface area contributed by atoms with Crippen LogP contribution in [0.5, 0.6) is 0 Å². The highest BCUT2D eigenvalue weighted by Crippen LogP contribution is 2.49. The number of fused-ring (bicyclic) bond motifs is 2. The van der Waals surface area contributed by atoms with E-state index >= 15 is 0 Å². The molecule has 0 fully saturated rings. The quantitative estimate of drug-likeness (QED) is 0.121. The fraction of sp³-hybridized carbons (Fsp3) is 0.267. The maximum atomic E-state index is 12.1. The summed E-state index contributed by atoms with van der Waals surface area (Å²) in [5.74, 6) is 0. The first-order valence-corrected chi connectivity index (χ1v) is 21.8. The normalized spacial score (nSPS) is 19.1. The van der Waals surface area contributed by atoms with Crippen LogP contribution in [0.15, 0.2) is 154 Å². The molecule has 2 heterocycles. The van der Waals surface area contributed by atoms with Crippen molar-refractivity contribution in [3.63, 3.8) is 0 Å². The highest BCUT2D eigenvalue weighted by atomic mass is 32.2. The van der Waals surface area contributed by atoms with Crippen LogP contribution < -0.4 is 9.80 Å². The first kappa shape index (κ1) is 39.2. The third-order valence-electron chi connectivity index (χ3n) is 11.4. The number of benzene rings is 4. The highest BCUT2D eigenvalue weighted by Gasteiger charge is 2.45. The molecule has 0 radical (unpaired) electrons. The van der Waals surface area contributed by atoms with Crippen molar-refractivity contribution in [2.45, 2.75) is 75.0 Å². The molecule has 0 saturated carbocycles. The van der Waals surface area contributed by atoms with Crippen molar-refractivity contribution >= 4 is 48.7 Å². The Hall–Kier alpha value is -5.07. The van der Waals surface area contributed by atoms with Crippen molar-refractivity contribution in [2.75, 3.05) is 22.9 Å². The Balaban J connectivity index is 1.39. The lowest BCUT2D eigenvalue weighted by Crippen LogP contribution is -2.27. The van der Waals surface area contributed by atoms with Crippen LogP contribution in [0.3, 0.4) is 0 Å². The van der Waals surface area contributed by atoms with E-state index in [0.717, 1.165) is 75.0 Å². The van der Waals surface area contributed by atoms with Gasteiger partial charge >= 0.3 is 0 Å². The largest absolute Gasteiger partial charge is 0.344 e. The minimum atomic E-state index is -4.37. The Bertz CT molecular complexity index is 2560. The summed E-state index contributed by atoms with van der Waals surface area (Å²) >= 11 is 0. The molecule has 3 aliphatic rings. The van der Waals surface area contributed by atoms with Crippen molar-refractivity contribution in [1.82, 2.24) is 0 Å². The van der Waals surface area contributed by atoms with Gasteiger partial charge in [0.05, 0.1) is 20.9 Å². The fourth-order valence-corrected chi connectivity index (χ4v) is 9.57. The summed E-state index contributed by atoms with van der Waals surface area (Å²) in [7, 11) is -8.74. The van der Waals surface area contributed by atoms with E-state index in [0.29, 0.717) is 13.1 Å². The molecular weight excluding hydrogens is 743 g/mol. The van der Waals surface area contributed by atoms with E-state index in [1.807, 2.05) is 36.4 Å². The summed E-state index contributed by atoms with van der Waals surface area (Å²) in [6, 6.07) is 30.2. The molecule has 2 N–H and O–H groups in total. The summed E-state index contributed by atoms with van der Waals surface area (Å²) in [6.45, 7) is 13.8. The zero-order valence-electron chi connectivity index (χ0n) is 32.6. The molecule has 0 amide bonds. The van der Waals surface area contributed by atoms with Gasteiger partial charge in [0.15, 0.2) is 5.71 Å². The monoisotopic (exact) mass is 790 g/mol. The fourth-order valence-electron chi connectivity index (χ4n) is 8.56. The second-order valence-corrected chi connectivity index (χ2v) is 18.2. The summed E-state index contributed by atoms with van der Waals surface area (Å²) in [5.41, 5.74) is 9.79. The van der Waals surface area contributed by atoms with Gasteiger partial charge in [-0.3, -0.25) is 9.11 Å². The van der Waals surface area contributed by atoms with Crippen molar-refractivity contribution in [3.8, 4) is 0 Å². The molecule has 0 saturated heterocycles. The average molecular weight is 791 g/mol. The Morgan fingerprint density at radius 3 is 1.84 bits per heavy atom. The van der Waals surface area contributed by atoms with Gasteiger partial charge in [0, 0.05) is 52.4 Å². The maximum Gasteiger partial charge on any atom is 0.294 e. The van der Waals surface area contributed by atoms with Crippen LogP contribution in [0.2, 0.25) is 0 Å². The number of allylic oxidation sites excluding steroid dienone is 7. The second kappa shape index (κ2) is 14.5. The van der Waals surface area contributed by atoms with Crippen LogP contribution in [0.25, 0.3) is 0 Å². The van der Waals surface area contributed by atoms with Crippen LogP contribution in [0, 0.1) is 0 Å². The van der Waals surface area contributed by atoms with E-state index < -0.39 is 31.1 Å². The zero-order valence-corrected chi connectivity index (χ0v) is 34.2. The molecule has 0 unspecified atom stereocenters. The first-order chi connectivity index (χ1) is 26.5. The van der Waals surface area contributed by atoms with Gasteiger partial charge in [-0.2, -0.15) is 21.4 Å². The van der Waals surface area contributed by atoms with Crippen molar-refractivity contribution in [3.05, 3.63) is 155 Å². The average Bonchev–Trinajstić information content (AvgIpc) is 3.73. The van der Waals surface area contributed by atoms with Gasteiger partial charge in [-0.1, -0.05) is 62.4 Å². The third kappa shape index (κ3) is 6.87. The molecule has 4 aromatic carbocycles. The smallest absolute Gasteiger partial charge is 0.294 e. The minimum absolute atomic E-state index is 0.120. The van der Waals surface area contributed by atoms with Gasteiger partial charge in [-0.25, -0.2) is 0 Å². The SMILES string of the molecule is CCN1/C(=C/C=C2\CCC(/C=C/C3=[N+](CC)c4ccc(S(=O)(=O)O)cc4C3(C)C)=C2N(c2ccccc2)c2ccccc2)C(C)(C)c2cc(S(=O)(=O)O)ccc21. The molecule has 4 aromatic rings. The van der Waals surface area contributed by atoms with Crippen molar-refractivity contribution in [2.24, 2.45) is 0 Å². The molecule has 290 valence electrons. The number of anilines is 3. The van der Waals surface area contributed by atoms with E-state index in [-0.39, 0.29) is 9.79 Å². The maximum absolute atomic E-state index is 12.1.